The molecule has 2 heterocycles. The number of aliphatic carboxylic acids is 1. The van der Waals surface area contributed by atoms with Gasteiger partial charge in [0.1, 0.15) is 18.1 Å². The van der Waals surface area contributed by atoms with Crippen molar-refractivity contribution in [2.75, 3.05) is 19.7 Å². The summed E-state index contributed by atoms with van der Waals surface area (Å²) in [5.41, 5.74) is 2.05. The van der Waals surface area contributed by atoms with E-state index in [9.17, 15) is 4.79 Å². The Morgan fingerprint density at radius 2 is 1.94 bits per heavy atom. The normalized spacial score (nSPS) is 18.4. The molecule has 1 unspecified atom stereocenters. The molecule has 2 aliphatic rings. The van der Waals surface area contributed by atoms with E-state index < -0.39 is 5.97 Å². The number of carbonyl (C=O) groups is 1. The smallest absolute Gasteiger partial charge is 0.303 e. The lowest BCUT2D eigenvalue weighted by Crippen LogP contribution is -2.47. The Hall–Kier alpha value is -1.95. The summed E-state index contributed by atoms with van der Waals surface area (Å²) in [7, 11) is 0. The third-order valence-electron chi connectivity index (χ3n) is 6.63. The van der Waals surface area contributed by atoms with Crippen molar-refractivity contribution in [3.63, 3.8) is 0 Å². The number of carboxylic acids is 1. The molecule has 1 saturated heterocycles. The fraction of sp³-hybridized carbons (Fsp3) is 0.458. The third kappa shape index (κ3) is 4.79. The average molecular weight is 464 g/mol. The van der Waals surface area contributed by atoms with Crippen LogP contribution in [0.3, 0.4) is 0 Å². The molecule has 166 valence electrons. The molecule has 31 heavy (non-hydrogen) atoms. The summed E-state index contributed by atoms with van der Waals surface area (Å²) in [4.78, 5) is 13.3. The van der Waals surface area contributed by atoms with Crippen LogP contribution in [-0.2, 0) is 16.8 Å². The van der Waals surface area contributed by atoms with E-state index in [0.29, 0.717) is 29.7 Å². The molecule has 0 radical (unpaired) electrons. The first-order valence-corrected chi connectivity index (χ1v) is 11.4. The number of piperidine rings is 1. The van der Waals surface area contributed by atoms with Crippen LogP contribution in [0.5, 0.6) is 11.5 Å². The molecule has 0 bridgehead atoms. The van der Waals surface area contributed by atoms with Gasteiger partial charge < -0.3 is 19.5 Å². The van der Waals surface area contributed by atoms with E-state index >= 15 is 0 Å². The minimum absolute atomic E-state index is 0.0307. The number of rotatable bonds is 7. The molecule has 2 aromatic rings. The lowest BCUT2D eigenvalue weighted by molar-refractivity contribution is -0.137. The zero-order valence-corrected chi connectivity index (χ0v) is 19.1. The highest BCUT2D eigenvalue weighted by Gasteiger charge is 2.43. The SMILES string of the molecule is CC(CCC(=O)O)N1CCC2(CC1)COc1cc(OCc3c(Cl)cccc3Cl)ccc12. The monoisotopic (exact) mass is 463 g/mol. The van der Waals surface area contributed by atoms with Gasteiger partial charge in [0.2, 0.25) is 0 Å². The van der Waals surface area contributed by atoms with E-state index in [4.69, 9.17) is 37.8 Å². The van der Waals surface area contributed by atoms with E-state index in [1.54, 1.807) is 12.1 Å². The molecular formula is C24H27Cl2NO4. The zero-order valence-electron chi connectivity index (χ0n) is 17.6. The number of likely N-dealkylation sites (tertiary alicyclic amines) is 1. The topological polar surface area (TPSA) is 59.0 Å². The second-order valence-corrected chi connectivity index (χ2v) is 9.35. The van der Waals surface area contributed by atoms with Gasteiger partial charge >= 0.3 is 5.97 Å². The van der Waals surface area contributed by atoms with Crippen LogP contribution in [0.2, 0.25) is 10.0 Å². The largest absolute Gasteiger partial charge is 0.492 e. The first kappa shape index (κ1) is 22.3. The van der Waals surface area contributed by atoms with Gasteiger partial charge in [-0.05, 0) is 57.5 Å². The molecule has 1 atom stereocenters. The Balaban J connectivity index is 1.39. The average Bonchev–Trinajstić information content (AvgIpc) is 3.09. The highest BCUT2D eigenvalue weighted by molar-refractivity contribution is 6.35. The Morgan fingerprint density at radius 3 is 2.61 bits per heavy atom. The second-order valence-electron chi connectivity index (χ2n) is 8.53. The van der Waals surface area contributed by atoms with E-state index in [1.165, 1.54) is 5.56 Å². The standard InChI is InChI=1S/C24H27Cl2NO4/c1-16(5-8-23(28)29)27-11-9-24(10-12-27)15-31-22-13-17(6-7-19(22)24)30-14-18-20(25)3-2-4-21(18)26/h2-4,6-7,13,16H,5,8-12,14-15H2,1H3,(H,28,29). The zero-order chi connectivity index (χ0) is 22.0. The Labute approximate surface area is 192 Å². The van der Waals surface area contributed by atoms with Crippen LogP contribution >= 0.6 is 23.2 Å². The van der Waals surface area contributed by atoms with Crippen molar-refractivity contribution in [1.82, 2.24) is 4.90 Å². The van der Waals surface area contributed by atoms with Crippen LogP contribution in [-0.4, -0.2) is 41.7 Å². The minimum Gasteiger partial charge on any atom is -0.492 e. The van der Waals surface area contributed by atoms with Crippen LogP contribution < -0.4 is 9.47 Å². The van der Waals surface area contributed by atoms with Crippen molar-refractivity contribution in [2.24, 2.45) is 0 Å². The van der Waals surface area contributed by atoms with Gasteiger partial charge in [-0.2, -0.15) is 0 Å². The fourth-order valence-electron chi connectivity index (χ4n) is 4.59. The summed E-state index contributed by atoms with van der Waals surface area (Å²) in [5.74, 6) is 0.884. The summed E-state index contributed by atoms with van der Waals surface area (Å²) in [5, 5.41) is 10.1. The van der Waals surface area contributed by atoms with Crippen LogP contribution in [0.4, 0.5) is 0 Å². The van der Waals surface area contributed by atoms with E-state index in [1.807, 2.05) is 18.2 Å². The van der Waals surface area contributed by atoms with Gasteiger partial charge in [-0.3, -0.25) is 4.79 Å². The van der Waals surface area contributed by atoms with Gasteiger partial charge in [0, 0.05) is 45.1 Å². The number of benzene rings is 2. The van der Waals surface area contributed by atoms with Crippen molar-refractivity contribution < 1.29 is 19.4 Å². The fourth-order valence-corrected chi connectivity index (χ4v) is 5.10. The first-order valence-electron chi connectivity index (χ1n) is 10.7. The number of ether oxygens (including phenoxy) is 2. The lowest BCUT2D eigenvalue weighted by Gasteiger charge is -2.41. The van der Waals surface area contributed by atoms with Gasteiger partial charge in [-0.25, -0.2) is 0 Å². The summed E-state index contributed by atoms with van der Waals surface area (Å²) >= 11 is 12.5. The van der Waals surface area contributed by atoms with Crippen LogP contribution in [0.15, 0.2) is 36.4 Å². The number of fused-ring (bicyclic) bond motifs is 2. The van der Waals surface area contributed by atoms with Crippen LogP contribution in [0, 0.1) is 0 Å². The molecule has 4 rings (SSSR count). The summed E-state index contributed by atoms with van der Waals surface area (Å²) in [6, 6.07) is 11.8. The number of hydrogen-bond donors (Lipinski definition) is 1. The highest BCUT2D eigenvalue weighted by atomic mass is 35.5. The molecule has 1 spiro atoms. The van der Waals surface area contributed by atoms with E-state index in [-0.39, 0.29) is 17.9 Å². The van der Waals surface area contributed by atoms with Crippen molar-refractivity contribution >= 4 is 29.2 Å². The Kier molecular flexibility index (Phi) is 6.65. The third-order valence-corrected chi connectivity index (χ3v) is 7.34. The maximum absolute atomic E-state index is 10.9. The maximum Gasteiger partial charge on any atom is 0.303 e. The quantitative estimate of drug-likeness (QED) is 0.582. The van der Waals surface area contributed by atoms with E-state index in [0.717, 1.165) is 43.0 Å². The van der Waals surface area contributed by atoms with Gasteiger partial charge in [0.25, 0.3) is 0 Å². The second kappa shape index (κ2) is 9.27. The molecule has 1 N–H and O–H groups in total. The highest BCUT2D eigenvalue weighted by Crippen LogP contribution is 2.47. The molecule has 0 amide bonds. The molecule has 0 aromatic heterocycles. The predicted octanol–water partition coefficient (Wildman–Crippen LogP) is 5.55. The van der Waals surface area contributed by atoms with Gasteiger partial charge in [0.15, 0.2) is 0 Å². The minimum atomic E-state index is -0.728. The number of nitrogens with zero attached hydrogens (tertiary/aromatic N) is 1. The van der Waals surface area contributed by atoms with Crippen LogP contribution in [0.1, 0.15) is 43.7 Å². The van der Waals surface area contributed by atoms with Gasteiger partial charge in [-0.15, -0.1) is 0 Å². The molecule has 2 aromatic carbocycles. The van der Waals surface area contributed by atoms with Crippen molar-refractivity contribution in [1.29, 1.82) is 0 Å². The summed E-state index contributed by atoms with van der Waals surface area (Å²) in [6.07, 6.45) is 2.92. The predicted molar refractivity (Wildman–Crippen MR) is 122 cm³/mol. The Morgan fingerprint density at radius 1 is 1.23 bits per heavy atom. The molecule has 5 nitrogen and oxygen atoms in total. The summed E-state index contributed by atoms with van der Waals surface area (Å²) < 4.78 is 12.0. The van der Waals surface area contributed by atoms with Gasteiger partial charge in [-0.1, -0.05) is 35.3 Å². The molecular weight excluding hydrogens is 437 g/mol. The molecule has 1 fully saturated rings. The molecule has 7 heteroatoms. The van der Waals surface area contributed by atoms with Crippen molar-refractivity contribution in [3.05, 3.63) is 57.6 Å². The Bertz CT molecular complexity index is 936. The molecule has 0 aliphatic carbocycles. The van der Waals surface area contributed by atoms with Crippen molar-refractivity contribution in [2.45, 2.75) is 50.7 Å². The summed E-state index contributed by atoms with van der Waals surface area (Å²) in [6.45, 7) is 5.00. The molecule has 0 saturated carbocycles. The number of halogens is 2. The maximum atomic E-state index is 10.9. The van der Waals surface area contributed by atoms with E-state index in [2.05, 4.69) is 17.9 Å². The number of hydrogen-bond acceptors (Lipinski definition) is 4. The molecule has 2 aliphatic heterocycles. The van der Waals surface area contributed by atoms with Crippen LogP contribution in [0.25, 0.3) is 0 Å². The van der Waals surface area contributed by atoms with Gasteiger partial charge in [0.05, 0.1) is 6.61 Å². The lowest BCUT2D eigenvalue weighted by atomic mass is 9.74. The van der Waals surface area contributed by atoms with Crippen molar-refractivity contribution in [3.8, 4) is 11.5 Å². The number of carboxylic acid groups (broad SMARTS) is 1. The first-order chi connectivity index (χ1) is 14.9.